The molecule has 5 nitrogen and oxygen atoms in total. The van der Waals surface area contributed by atoms with Gasteiger partial charge in [-0.1, -0.05) is 18.2 Å². The summed E-state index contributed by atoms with van der Waals surface area (Å²) in [6.07, 6.45) is 0. The van der Waals surface area contributed by atoms with Crippen molar-refractivity contribution in [3.05, 3.63) is 68.1 Å². The average molecular weight is 287 g/mol. The fraction of sp³-hybridized carbons (Fsp3) is 0.200. The molecule has 3 aromatic rings. The Morgan fingerprint density at radius 3 is 2.67 bits per heavy atom. The summed E-state index contributed by atoms with van der Waals surface area (Å²) in [6, 6.07) is 7.65. The van der Waals surface area contributed by atoms with Crippen molar-refractivity contribution >= 4 is 10.9 Å². The van der Waals surface area contributed by atoms with Crippen LogP contribution < -0.4 is 11.1 Å². The molecule has 0 aliphatic heterocycles. The smallest absolute Gasteiger partial charge is 0.275 e. The zero-order valence-electron chi connectivity index (χ0n) is 11.7. The number of aromatic amines is 1. The highest BCUT2D eigenvalue weighted by Gasteiger charge is 2.13. The van der Waals surface area contributed by atoms with Crippen molar-refractivity contribution in [3.63, 3.8) is 0 Å². The fourth-order valence-electron chi connectivity index (χ4n) is 2.52. The van der Waals surface area contributed by atoms with Crippen LogP contribution in [0.3, 0.4) is 0 Å². The van der Waals surface area contributed by atoms with Crippen molar-refractivity contribution in [1.82, 2.24) is 14.3 Å². The lowest BCUT2D eigenvalue weighted by Gasteiger charge is -2.10. The lowest BCUT2D eigenvalue weighted by Crippen LogP contribution is -2.24. The van der Waals surface area contributed by atoms with Crippen LogP contribution in [0, 0.1) is 12.7 Å². The minimum absolute atomic E-state index is 0.0988. The largest absolute Gasteiger partial charge is 0.307 e. The molecule has 3 rings (SSSR count). The van der Waals surface area contributed by atoms with E-state index in [4.69, 9.17) is 0 Å². The van der Waals surface area contributed by atoms with E-state index >= 15 is 0 Å². The summed E-state index contributed by atoms with van der Waals surface area (Å²) in [7, 11) is 1.59. The molecule has 0 spiro atoms. The number of aryl methyl sites for hydroxylation is 2. The monoisotopic (exact) mass is 287 g/mol. The van der Waals surface area contributed by atoms with Gasteiger partial charge in [0.05, 0.1) is 17.4 Å². The first-order valence-electron chi connectivity index (χ1n) is 6.51. The Hall–Kier alpha value is -2.63. The van der Waals surface area contributed by atoms with Gasteiger partial charge in [0, 0.05) is 24.4 Å². The minimum Gasteiger partial charge on any atom is -0.307 e. The third-order valence-corrected chi connectivity index (χ3v) is 3.66. The number of hydrogen-bond acceptors (Lipinski definition) is 2. The zero-order valence-corrected chi connectivity index (χ0v) is 11.7. The Morgan fingerprint density at radius 2 is 1.95 bits per heavy atom. The van der Waals surface area contributed by atoms with Crippen LogP contribution in [-0.4, -0.2) is 14.3 Å². The van der Waals surface area contributed by atoms with E-state index in [-0.39, 0.29) is 23.5 Å². The molecule has 6 heteroatoms. The fourth-order valence-corrected chi connectivity index (χ4v) is 2.52. The molecule has 0 fully saturated rings. The second-order valence-corrected chi connectivity index (χ2v) is 5.01. The van der Waals surface area contributed by atoms with Gasteiger partial charge in [-0.3, -0.25) is 19.4 Å². The maximum Gasteiger partial charge on any atom is 0.275 e. The first-order chi connectivity index (χ1) is 9.99. The molecule has 1 aromatic carbocycles. The van der Waals surface area contributed by atoms with Crippen LogP contribution in [0.1, 0.15) is 11.3 Å². The Morgan fingerprint density at radius 1 is 1.24 bits per heavy atom. The van der Waals surface area contributed by atoms with E-state index in [1.54, 1.807) is 32.2 Å². The van der Waals surface area contributed by atoms with Gasteiger partial charge in [0.15, 0.2) is 0 Å². The predicted molar refractivity (Wildman–Crippen MR) is 78.0 cm³/mol. The molecule has 108 valence electrons. The number of fused-ring (bicyclic) bond motifs is 1. The van der Waals surface area contributed by atoms with E-state index in [2.05, 4.69) is 5.10 Å². The molecule has 0 radical (unpaired) electrons. The van der Waals surface area contributed by atoms with Crippen LogP contribution >= 0.6 is 0 Å². The molecule has 0 amide bonds. The lowest BCUT2D eigenvalue weighted by atomic mass is 10.2. The van der Waals surface area contributed by atoms with Crippen molar-refractivity contribution < 1.29 is 4.39 Å². The Balaban J connectivity index is 2.24. The van der Waals surface area contributed by atoms with E-state index in [0.717, 1.165) is 0 Å². The van der Waals surface area contributed by atoms with Gasteiger partial charge in [0.1, 0.15) is 5.82 Å². The highest BCUT2D eigenvalue weighted by molar-refractivity contribution is 5.79. The molecule has 0 aliphatic rings. The first kappa shape index (κ1) is 13.4. The quantitative estimate of drug-likeness (QED) is 0.777. The molecule has 21 heavy (non-hydrogen) atoms. The summed E-state index contributed by atoms with van der Waals surface area (Å²) < 4.78 is 16.5. The third-order valence-electron chi connectivity index (χ3n) is 3.66. The molecule has 0 unspecified atom stereocenters. The second kappa shape index (κ2) is 4.73. The number of benzene rings is 1. The molecule has 0 aliphatic carbocycles. The molecule has 1 N–H and O–H groups in total. The number of pyridine rings is 1. The number of hydrogen-bond donors (Lipinski definition) is 1. The van der Waals surface area contributed by atoms with Gasteiger partial charge in [0.2, 0.25) is 0 Å². The van der Waals surface area contributed by atoms with Crippen molar-refractivity contribution in [2.75, 3.05) is 0 Å². The van der Waals surface area contributed by atoms with Gasteiger partial charge < -0.3 is 4.57 Å². The number of nitrogens with zero attached hydrogens (tertiary/aromatic N) is 2. The predicted octanol–water partition coefficient (Wildman–Crippen LogP) is 1.52. The summed E-state index contributed by atoms with van der Waals surface area (Å²) >= 11 is 0. The van der Waals surface area contributed by atoms with E-state index in [0.29, 0.717) is 22.2 Å². The van der Waals surface area contributed by atoms with Crippen molar-refractivity contribution in [2.45, 2.75) is 13.5 Å². The van der Waals surface area contributed by atoms with E-state index < -0.39 is 0 Å². The number of rotatable bonds is 2. The summed E-state index contributed by atoms with van der Waals surface area (Å²) in [6.45, 7) is 1.79. The Labute approximate surface area is 119 Å². The summed E-state index contributed by atoms with van der Waals surface area (Å²) in [5.74, 6) is -0.370. The van der Waals surface area contributed by atoms with E-state index in [9.17, 15) is 14.0 Å². The lowest BCUT2D eigenvalue weighted by molar-refractivity contribution is 0.594. The summed E-state index contributed by atoms with van der Waals surface area (Å²) in [5.41, 5.74) is 0.960. The number of aromatic nitrogens is 3. The highest BCUT2D eigenvalue weighted by Crippen LogP contribution is 2.13. The molecule has 0 atom stereocenters. The van der Waals surface area contributed by atoms with Crippen LogP contribution in [0.15, 0.2) is 39.9 Å². The van der Waals surface area contributed by atoms with Crippen LogP contribution in [0.2, 0.25) is 0 Å². The average Bonchev–Trinajstić information content (AvgIpc) is 2.72. The Bertz CT molecular complexity index is 950. The first-order valence-corrected chi connectivity index (χ1v) is 6.51. The van der Waals surface area contributed by atoms with Gasteiger partial charge in [-0.15, -0.1) is 0 Å². The van der Waals surface area contributed by atoms with E-state index in [1.807, 2.05) is 0 Å². The number of nitrogens with one attached hydrogen (secondary N) is 1. The maximum atomic E-state index is 13.7. The van der Waals surface area contributed by atoms with Gasteiger partial charge in [-0.2, -0.15) is 0 Å². The van der Waals surface area contributed by atoms with Gasteiger partial charge in [-0.05, 0) is 13.0 Å². The summed E-state index contributed by atoms with van der Waals surface area (Å²) in [4.78, 5) is 24.3. The normalized spacial score (nSPS) is 11.2. The number of halogens is 1. The summed E-state index contributed by atoms with van der Waals surface area (Å²) in [5, 5.41) is 3.28. The molecule has 0 bridgehead atoms. The standard InChI is InChI=1S/C15H14FN3O2/c1-9-14-12(17-18(2)15(14)21)7-13(20)19(9)8-10-5-3-4-6-11(10)16/h3-7,17H,8H2,1-2H3. The van der Waals surface area contributed by atoms with Gasteiger partial charge in [-0.25, -0.2) is 4.39 Å². The highest BCUT2D eigenvalue weighted by atomic mass is 19.1. The van der Waals surface area contributed by atoms with Crippen LogP contribution in [0.4, 0.5) is 4.39 Å². The van der Waals surface area contributed by atoms with Crippen molar-refractivity contribution in [3.8, 4) is 0 Å². The van der Waals surface area contributed by atoms with Crippen LogP contribution in [0.5, 0.6) is 0 Å². The van der Waals surface area contributed by atoms with Gasteiger partial charge in [0.25, 0.3) is 11.1 Å². The molecule has 0 saturated heterocycles. The molecular weight excluding hydrogens is 273 g/mol. The second-order valence-electron chi connectivity index (χ2n) is 5.01. The molecule has 2 heterocycles. The van der Waals surface area contributed by atoms with Crippen molar-refractivity contribution in [2.24, 2.45) is 7.05 Å². The topological polar surface area (TPSA) is 59.8 Å². The van der Waals surface area contributed by atoms with Crippen molar-refractivity contribution in [1.29, 1.82) is 0 Å². The maximum absolute atomic E-state index is 13.7. The van der Waals surface area contributed by atoms with Crippen LogP contribution in [0.25, 0.3) is 10.9 Å². The minimum atomic E-state index is -0.370. The van der Waals surface area contributed by atoms with Gasteiger partial charge >= 0.3 is 0 Å². The molecular formula is C15H14FN3O2. The third kappa shape index (κ3) is 2.08. The SMILES string of the molecule is Cc1c2c(=O)n(C)[nH]c2cc(=O)n1Cc1ccccc1F. The van der Waals surface area contributed by atoms with E-state index in [1.165, 1.54) is 21.4 Å². The van der Waals surface area contributed by atoms with Crippen LogP contribution in [-0.2, 0) is 13.6 Å². The Kier molecular flexibility index (Phi) is 3.01. The zero-order chi connectivity index (χ0) is 15.1. The molecule has 2 aromatic heterocycles. The number of H-pyrrole nitrogens is 1. The molecule has 0 saturated carbocycles.